The Balaban J connectivity index is 2.07. The minimum atomic E-state index is 0.308. The first-order valence-corrected chi connectivity index (χ1v) is 7.46. The van der Waals surface area contributed by atoms with Gasteiger partial charge in [0.1, 0.15) is 0 Å². The lowest BCUT2D eigenvalue weighted by molar-refractivity contribution is 0.145. The molecule has 1 heterocycles. The number of nitrogens with zero attached hydrogens (tertiary/aromatic N) is 1. The van der Waals surface area contributed by atoms with Gasteiger partial charge in [0.2, 0.25) is 0 Å². The van der Waals surface area contributed by atoms with Crippen LogP contribution in [0, 0.1) is 0 Å². The van der Waals surface area contributed by atoms with Gasteiger partial charge in [0.15, 0.2) is 0 Å². The summed E-state index contributed by atoms with van der Waals surface area (Å²) in [6.45, 7) is 8.11. The standard InChI is InChI=1S/C15H23NS/c1-5-15(2,3)16(4)10-12-11-17-14-9-7-6-8-13(12)14/h6-9,12H,5,10-11H2,1-4H3. The molecular weight excluding hydrogens is 226 g/mol. The zero-order chi connectivity index (χ0) is 12.5. The van der Waals surface area contributed by atoms with Gasteiger partial charge >= 0.3 is 0 Å². The quantitative estimate of drug-likeness (QED) is 0.793. The monoisotopic (exact) mass is 249 g/mol. The topological polar surface area (TPSA) is 3.24 Å². The van der Waals surface area contributed by atoms with Crippen LogP contribution in [0.2, 0.25) is 0 Å². The van der Waals surface area contributed by atoms with Crippen molar-refractivity contribution in [1.29, 1.82) is 0 Å². The van der Waals surface area contributed by atoms with Crippen LogP contribution in [0.1, 0.15) is 38.7 Å². The second kappa shape index (κ2) is 5.03. The van der Waals surface area contributed by atoms with E-state index in [1.165, 1.54) is 23.6 Å². The maximum atomic E-state index is 2.51. The summed E-state index contributed by atoms with van der Waals surface area (Å²) in [5.41, 5.74) is 1.86. The molecule has 1 aromatic rings. The summed E-state index contributed by atoms with van der Waals surface area (Å²) in [6, 6.07) is 8.87. The lowest BCUT2D eigenvalue weighted by Gasteiger charge is -2.36. The molecule has 1 unspecified atom stereocenters. The van der Waals surface area contributed by atoms with Crippen LogP contribution >= 0.6 is 11.8 Å². The Hall–Kier alpha value is -0.470. The fraction of sp³-hybridized carbons (Fsp3) is 0.600. The fourth-order valence-electron chi connectivity index (χ4n) is 2.23. The van der Waals surface area contributed by atoms with E-state index in [1.807, 2.05) is 11.8 Å². The first-order chi connectivity index (χ1) is 8.04. The van der Waals surface area contributed by atoms with Crippen LogP contribution in [0.25, 0.3) is 0 Å². The highest BCUT2D eigenvalue weighted by Gasteiger charge is 2.28. The molecule has 0 aliphatic carbocycles. The predicted molar refractivity (Wildman–Crippen MR) is 76.9 cm³/mol. The molecule has 0 saturated heterocycles. The van der Waals surface area contributed by atoms with Gasteiger partial charge in [0.25, 0.3) is 0 Å². The third-order valence-corrected chi connectivity index (χ3v) is 5.44. The van der Waals surface area contributed by atoms with E-state index in [0.29, 0.717) is 11.5 Å². The number of thioether (sulfide) groups is 1. The van der Waals surface area contributed by atoms with E-state index in [0.717, 1.165) is 0 Å². The second-order valence-electron chi connectivity index (χ2n) is 5.59. The van der Waals surface area contributed by atoms with Gasteiger partial charge in [-0.25, -0.2) is 0 Å². The first-order valence-electron chi connectivity index (χ1n) is 6.47. The van der Waals surface area contributed by atoms with E-state index in [1.54, 1.807) is 5.56 Å². The van der Waals surface area contributed by atoms with Crippen LogP contribution in [0.3, 0.4) is 0 Å². The Morgan fingerprint density at radius 1 is 1.35 bits per heavy atom. The van der Waals surface area contributed by atoms with E-state index in [2.05, 4.69) is 57.0 Å². The number of benzene rings is 1. The molecule has 94 valence electrons. The normalized spacial score (nSPS) is 19.7. The minimum absolute atomic E-state index is 0.308. The van der Waals surface area contributed by atoms with Gasteiger partial charge in [-0.3, -0.25) is 0 Å². The lowest BCUT2D eigenvalue weighted by atomic mass is 9.95. The van der Waals surface area contributed by atoms with Crippen molar-refractivity contribution in [2.45, 2.75) is 43.5 Å². The molecule has 0 radical (unpaired) electrons. The summed E-state index contributed by atoms with van der Waals surface area (Å²) in [5.74, 6) is 1.94. The summed E-state index contributed by atoms with van der Waals surface area (Å²) in [6.07, 6.45) is 1.20. The minimum Gasteiger partial charge on any atom is -0.301 e. The van der Waals surface area contributed by atoms with Crippen LogP contribution in [0.4, 0.5) is 0 Å². The zero-order valence-corrected chi connectivity index (χ0v) is 12.2. The molecule has 1 aromatic carbocycles. The summed E-state index contributed by atoms with van der Waals surface area (Å²) < 4.78 is 0. The number of hydrogen-bond donors (Lipinski definition) is 0. The SMILES string of the molecule is CCC(C)(C)N(C)CC1CSc2ccccc21. The van der Waals surface area contributed by atoms with Crippen LogP contribution in [-0.4, -0.2) is 29.8 Å². The van der Waals surface area contributed by atoms with E-state index in [4.69, 9.17) is 0 Å². The smallest absolute Gasteiger partial charge is 0.0147 e. The first kappa shape index (κ1) is 13.0. The Morgan fingerprint density at radius 2 is 2.06 bits per heavy atom. The molecule has 1 nitrogen and oxygen atoms in total. The van der Waals surface area contributed by atoms with Crippen molar-refractivity contribution in [3.63, 3.8) is 0 Å². The molecule has 1 atom stereocenters. The summed E-state index contributed by atoms with van der Waals surface area (Å²) in [4.78, 5) is 4.00. The molecule has 0 N–H and O–H groups in total. The van der Waals surface area contributed by atoms with Gasteiger partial charge in [-0.15, -0.1) is 11.8 Å². The highest BCUT2D eigenvalue weighted by molar-refractivity contribution is 7.99. The van der Waals surface area contributed by atoms with Crippen molar-refractivity contribution in [2.75, 3.05) is 19.3 Å². The summed E-state index contributed by atoms with van der Waals surface area (Å²) in [7, 11) is 2.26. The summed E-state index contributed by atoms with van der Waals surface area (Å²) >= 11 is 2.01. The predicted octanol–water partition coefficient (Wildman–Crippen LogP) is 4.00. The maximum Gasteiger partial charge on any atom is 0.0147 e. The maximum absolute atomic E-state index is 2.51. The number of likely N-dealkylation sites (N-methyl/N-ethyl adjacent to an activating group) is 1. The summed E-state index contributed by atoms with van der Waals surface area (Å²) in [5, 5.41) is 0. The van der Waals surface area contributed by atoms with Gasteiger partial charge in [0, 0.05) is 28.6 Å². The van der Waals surface area contributed by atoms with Gasteiger partial charge in [0.05, 0.1) is 0 Å². The molecule has 0 aromatic heterocycles. The van der Waals surface area contributed by atoms with Crippen LogP contribution in [0.5, 0.6) is 0 Å². The van der Waals surface area contributed by atoms with Crippen LogP contribution in [0.15, 0.2) is 29.2 Å². The van der Waals surface area contributed by atoms with E-state index >= 15 is 0 Å². The third-order valence-electron chi connectivity index (χ3n) is 4.19. The molecule has 1 aliphatic heterocycles. The van der Waals surface area contributed by atoms with Crippen molar-refractivity contribution < 1.29 is 0 Å². The van der Waals surface area contributed by atoms with E-state index in [9.17, 15) is 0 Å². The fourth-order valence-corrected chi connectivity index (χ4v) is 3.47. The van der Waals surface area contributed by atoms with Crippen molar-refractivity contribution in [3.05, 3.63) is 29.8 Å². The lowest BCUT2D eigenvalue weighted by Crippen LogP contribution is -2.42. The molecule has 1 aliphatic rings. The Bertz CT molecular complexity index is 386. The van der Waals surface area contributed by atoms with E-state index in [-0.39, 0.29) is 0 Å². The largest absolute Gasteiger partial charge is 0.301 e. The van der Waals surface area contributed by atoms with Gasteiger partial charge in [-0.1, -0.05) is 25.1 Å². The molecule has 17 heavy (non-hydrogen) atoms. The van der Waals surface area contributed by atoms with Gasteiger partial charge in [-0.2, -0.15) is 0 Å². The highest BCUT2D eigenvalue weighted by atomic mass is 32.2. The van der Waals surface area contributed by atoms with E-state index < -0.39 is 0 Å². The average molecular weight is 249 g/mol. The third kappa shape index (κ3) is 2.69. The van der Waals surface area contributed by atoms with Crippen molar-refractivity contribution in [2.24, 2.45) is 0 Å². The number of fused-ring (bicyclic) bond motifs is 1. The second-order valence-corrected chi connectivity index (χ2v) is 6.65. The molecule has 0 saturated carbocycles. The van der Waals surface area contributed by atoms with Crippen molar-refractivity contribution in [1.82, 2.24) is 4.90 Å². The molecular formula is C15H23NS. The van der Waals surface area contributed by atoms with Gasteiger partial charge < -0.3 is 4.90 Å². The van der Waals surface area contributed by atoms with Crippen LogP contribution in [-0.2, 0) is 0 Å². The van der Waals surface area contributed by atoms with Crippen LogP contribution < -0.4 is 0 Å². The van der Waals surface area contributed by atoms with Crippen molar-refractivity contribution >= 4 is 11.8 Å². The Kier molecular flexibility index (Phi) is 3.84. The molecule has 0 spiro atoms. The number of rotatable bonds is 4. The zero-order valence-electron chi connectivity index (χ0n) is 11.4. The molecule has 0 fully saturated rings. The molecule has 2 heteroatoms. The number of hydrogen-bond acceptors (Lipinski definition) is 2. The van der Waals surface area contributed by atoms with Crippen molar-refractivity contribution in [3.8, 4) is 0 Å². The Labute approximate surface area is 110 Å². The molecule has 0 amide bonds. The average Bonchev–Trinajstić information content (AvgIpc) is 2.73. The van der Waals surface area contributed by atoms with Gasteiger partial charge in [-0.05, 0) is 38.9 Å². The Morgan fingerprint density at radius 3 is 2.76 bits per heavy atom. The highest BCUT2D eigenvalue weighted by Crippen LogP contribution is 2.40. The molecule has 2 rings (SSSR count). The molecule has 0 bridgehead atoms.